The van der Waals surface area contributed by atoms with E-state index in [0.29, 0.717) is 11.4 Å². The van der Waals surface area contributed by atoms with Crippen LogP contribution in [-0.4, -0.2) is 28.3 Å². The van der Waals surface area contributed by atoms with Crippen molar-refractivity contribution in [2.45, 2.75) is 44.2 Å². The molecule has 5 nitrogen and oxygen atoms in total. The summed E-state index contributed by atoms with van der Waals surface area (Å²) >= 11 is 6.04. The summed E-state index contributed by atoms with van der Waals surface area (Å²) in [5.41, 5.74) is 0.829. The standard InChI is InChI=1S/C21H22ClNO4/c1-20(2,3)27-19(26)23-21(18(24)25)12-17(21)14-9-7-13(8-10-14)15-5-4-6-16(22)11-15/h4-11,17H,12H2,1-3H3,(H,23,26)(H,24,25)/t17-,21?/m0/s1. The molecule has 1 amide bonds. The first-order valence-electron chi connectivity index (χ1n) is 8.71. The highest BCUT2D eigenvalue weighted by Crippen LogP contribution is 2.52. The molecule has 6 heteroatoms. The number of ether oxygens (including phenoxy) is 1. The lowest BCUT2D eigenvalue weighted by Crippen LogP contribution is -2.46. The summed E-state index contributed by atoms with van der Waals surface area (Å²) < 4.78 is 5.21. The van der Waals surface area contributed by atoms with Crippen LogP contribution in [0.1, 0.15) is 38.7 Å². The molecule has 0 spiro atoms. The van der Waals surface area contributed by atoms with E-state index < -0.39 is 23.2 Å². The largest absolute Gasteiger partial charge is 0.479 e. The third-order valence-corrected chi connectivity index (χ3v) is 4.77. The summed E-state index contributed by atoms with van der Waals surface area (Å²) in [6.45, 7) is 5.21. The molecule has 1 fully saturated rings. The van der Waals surface area contributed by atoms with E-state index >= 15 is 0 Å². The minimum Gasteiger partial charge on any atom is -0.479 e. The number of carboxylic acid groups (broad SMARTS) is 1. The van der Waals surface area contributed by atoms with Crippen molar-refractivity contribution in [1.29, 1.82) is 0 Å². The number of alkyl carbamates (subject to hydrolysis) is 1. The Kier molecular flexibility index (Phi) is 4.91. The van der Waals surface area contributed by atoms with Gasteiger partial charge in [-0.15, -0.1) is 0 Å². The molecule has 2 atom stereocenters. The van der Waals surface area contributed by atoms with E-state index in [4.69, 9.17) is 16.3 Å². The molecule has 0 saturated heterocycles. The van der Waals surface area contributed by atoms with Crippen molar-refractivity contribution in [3.05, 3.63) is 59.1 Å². The number of carbonyl (C=O) groups excluding carboxylic acids is 1. The number of rotatable bonds is 4. The van der Waals surface area contributed by atoms with Crippen molar-refractivity contribution >= 4 is 23.7 Å². The molecule has 2 N–H and O–H groups in total. The van der Waals surface area contributed by atoms with Gasteiger partial charge in [0.25, 0.3) is 0 Å². The average Bonchev–Trinajstić information content (AvgIpc) is 3.28. The van der Waals surface area contributed by atoms with Crippen LogP contribution in [0.4, 0.5) is 4.79 Å². The van der Waals surface area contributed by atoms with E-state index in [1.165, 1.54) is 0 Å². The van der Waals surface area contributed by atoms with Gasteiger partial charge in [0.1, 0.15) is 11.1 Å². The Bertz CT molecular complexity index is 872. The summed E-state index contributed by atoms with van der Waals surface area (Å²) in [6, 6.07) is 15.2. The zero-order chi connectivity index (χ0) is 19.8. The first-order valence-corrected chi connectivity index (χ1v) is 9.09. The van der Waals surface area contributed by atoms with Crippen molar-refractivity contribution < 1.29 is 19.4 Å². The second-order valence-corrected chi connectivity index (χ2v) is 8.23. The van der Waals surface area contributed by atoms with Gasteiger partial charge in [-0.25, -0.2) is 9.59 Å². The molecule has 2 aromatic carbocycles. The third kappa shape index (κ3) is 4.25. The quantitative estimate of drug-likeness (QED) is 0.786. The van der Waals surface area contributed by atoms with E-state index in [-0.39, 0.29) is 5.92 Å². The molecular formula is C21H22ClNO4. The highest BCUT2D eigenvalue weighted by atomic mass is 35.5. The first-order chi connectivity index (χ1) is 12.6. The predicted octanol–water partition coefficient (Wildman–Crippen LogP) is 4.84. The summed E-state index contributed by atoms with van der Waals surface area (Å²) in [7, 11) is 0. The fourth-order valence-electron chi connectivity index (χ4n) is 3.16. The summed E-state index contributed by atoms with van der Waals surface area (Å²) in [4.78, 5) is 23.9. The fraction of sp³-hybridized carbons (Fsp3) is 0.333. The van der Waals surface area contributed by atoms with Crippen LogP contribution < -0.4 is 5.32 Å². The maximum Gasteiger partial charge on any atom is 0.408 e. The minimum absolute atomic E-state index is 0.295. The monoisotopic (exact) mass is 387 g/mol. The van der Waals surface area contributed by atoms with Crippen molar-refractivity contribution in [2.75, 3.05) is 0 Å². The maximum absolute atomic E-state index is 12.1. The Labute approximate surface area is 163 Å². The van der Waals surface area contributed by atoms with Gasteiger partial charge in [-0.3, -0.25) is 0 Å². The molecule has 1 aliphatic carbocycles. The number of halogens is 1. The number of benzene rings is 2. The van der Waals surface area contributed by atoms with Gasteiger partial charge in [0.05, 0.1) is 0 Å². The van der Waals surface area contributed by atoms with Crippen LogP contribution in [0.15, 0.2) is 48.5 Å². The normalized spacial score (nSPS) is 21.4. The van der Waals surface area contributed by atoms with Gasteiger partial charge in [-0.1, -0.05) is 48.0 Å². The van der Waals surface area contributed by atoms with E-state index in [0.717, 1.165) is 16.7 Å². The smallest absolute Gasteiger partial charge is 0.408 e. The molecule has 1 unspecified atom stereocenters. The molecule has 0 bridgehead atoms. The topological polar surface area (TPSA) is 75.6 Å². The predicted molar refractivity (Wildman–Crippen MR) is 104 cm³/mol. The number of hydrogen-bond acceptors (Lipinski definition) is 3. The Hall–Kier alpha value is -2.53. The van der Waals surface area contributed by atoms with Crippen LogP contribution in [0.25, 0.3) is 11.1 Å². The van der Waals surface area contributed by atoms with Crippen LogP contribution >= 0.6 is 11.6 Å². The summed E-state index contributed by atoms with van der Waals surface area (Å²) in [6.07, 6.45) is -0.388. The Morgan fingerprint density at radius 2 is 1.81 bits per heavy atom. The number of nitrogens with one attached hydrogen (secondary N) is 1. The number of carboxylic acids is 1. The van der Waals surface area contributed by atoms with Gasteiger partial charge in [-0.2, -0.15) is 0 Å². The van der Waals surface area contributed by atoms with Gasteiger partial charge in [0, 0.05) is 10.9 Å². The molecule has 2 aromatic rings. The lowest BCUT2D eigenvalue weighted by Gasteiger charge is -2.22. The number of hydrogen-bond donors (Lipinski definition) is 2. The molecule has 0 radical (unpaired) electrons. The number of aliphatic carboxylic acids is 1. The molecule has 0 aromatic heterocycles. The van der Waals surface area contributed by atoms with E-state index in [2.05, 4.69) is 5.32 Å². The van der Waals surface area contributed by atoms with Gasteiger partial charge in [-0.05, 0) is 56.0 Å². The van der Waals surface area contributed by atoms with Crippen LogP contribution in [0.2, 0.25) is 5.02 Å². The van der Waals surface area contributed by atoms with Crippen LogP contribution in [-0.2, 0) is 9.53 Å². The van der Waals surface area contributed by atoms with Crippen LogP contribution in [0.3, 0.4) is 0 Å². The summed E-state index contributed by atoms with van der Waals surface area (Å²) in [5, 5.41) is 12.9. The number of carbonyl (C=O) groups is 2. The maximum atomic E-state index is 12.1. The zero-order valence-corrected chi connectivity index (χ0v) is 16.2. The minimum atomic E-state index is -1.32. The van der Waals surface area contributed by atoms with Gasteiger partial charge in [0.2, 0.25) is 0 Å². The highest BCUT2D eigenvalue weighted by Gasteiger charge is 2.62. The lowest BCUT2D eigenvalue weighted by atomic mass is 10.0. The second-order valence-electron chi connectivity index (χ2n) is 7.79. The van der Waals surface area contributed by atoms with E-state index in [1.54, 1.807) is 20.8 Å². The molecule has 3 rings (SSSR count). The van der Waals surface area contributed by atoms with Gasteiger partial charge in [0.15, 0.2) is 0 Å². The number of amides is 1. The molecular weight excluding hydrogens is 366 g/mol. The molecule has 142 valence electrons. The Morgan fingerprint density at radius 3 is 2.37 bits per heavy atom. The molecule has 0 heterocycles. The van der Waals surface area contributed by atoms with Gasteiger partial charge < -0.3 is 15.2 Å². The van der Waals surface area contributed by atoms with E-state index in [9.17, 15) is 14.7 Å². The highest BCUT2D eigenvalue weighted by molar-refractivity contribution is 6.30. The van der Waals surface area contributed by atoms with Crippen molar-refractivity contribution in [3.8, 4) is 11.1 Å². The van der Waals surface area contributed by atoms with Crippen molar-refractivity contribution in [2.24, 2.45) is 0 Å². The molecule has 27 heavy (non-hydrogen) atoms. The molecule has 0 aliphatic heterocycles. The zero-order valence-electron chi connectivity index (χ0n) is 15.5. The SMILES string of the molecule is CC(C)(C)OC(=O)NC1(C(=O)O)C[C@H]1c1ccc(-c2cccc(Cl)c2)cc1. The Balaban J connectivity index is 1.76. The second kappa shape index (κ2) is 6.89. The lowest BCUT2D eigenvalue weighted by molar-refractivity contribution is -0.140. The van der Waals surface area contributed by atoms with Crippen molar-refractivity contribution in [3.63, 3.8) is 0 Å². The average molecular weight is 388 g/mol. The first kappa shape index (κ1) is 19.2. The van der Waals surface area contributed by atoms with Crippen LogP contribution in [0, 0.1) is 0 Å². The molecule has 1 aliphatic rings. The Morgan fingerprint density at radius 1 is 1.15 bits per heavy atom. The fourth-order valence-corrected chi connectivity index (χ4v) is 3.35. The molecule has 1 saturated carbocycles. The van der Waals surface area contributed by atoms with E-state index in [1.807, 2.05) is 48.5 Å². The van der Waals surface area contributed by atoms with Crippen LogP contribution in [0.5, 0.6) is 0 Å². The summed E-state index contributed by atoms with van der Waals surface area (Å²) in [5.74, 6) is -1.35. The third-order valence-electron chi connectivity index (χ3n) is 4.54. The van der Waals surface area contributed by atoms with Gasteiger partial charge >= 0.3 is 12.1 Å². The van der Waals surface area contributed by atoms with Crippen molar-refractivity contribution in [1.82, 2.24) is 5.32 Å².